The van der Waals surface area contributed by atoms with E-state index < -0.39 is 0 Å². The molecular formula is C23H18BrNO2. The number of aromatic nitrogens is 1. The maximum absolute atomic E-state index is 11.9. The van der Waals surface area contributed by atoms with Gasteiger partial charge in [0.2, 0.25) is 0 Å². The van der Waals surface area contributed by atoms with Gasteiger partial charge in [-0.1, -0.05) is 46.3 Å². The molecule has 0 aliphatic rings. The van der Waals surface area contributed by atoms with Gasteiger partial charge in [0.05, 0.1) is 5.69 Å². The monoisotopic (exact) mass is 419 g/mol. The van der Waals surface area contributed by atoms with Crippen molar-refractivity contribution in [2.45, 2.75) is 13.5 Å². The fraction of sp³-hybridized carbons (Fsp3) is 0.0870. The number of carbonyl (C=O) groups is 1. The van der Waals surface area contributed by atoms with Crippen LogP contribution in [0.3, 0.4) is 0 Å². The Bertz CT molecular complexity index is 1120. The van der Waals surface area contributed by atoms with Crippen molar-refractivity contribution in [1.82, 2.24) is 4.40 Å². The smallest absolute Gasteiger partial charge is 0.167 e. The van der Waals surface area contributed by atoms with E-state index in [1.807, 2.05) is 78.2 Å². The van der Waals surface area contributed by atoms with Gasteiger partial charge in [-0.15, -0.1) is 0 Å². The van der Waals surface area contributed by atoms with Gasteiger partial charge in [0.1, 0.15) is 12.4 Å². The molecule has 0 unspecified atom stereocenters. The topological polar surface area (TPSA) is 30.7 Å². The third-order valence-electron chi connectivity index (χ3n) is 4.55. The van der Waals surface area contributed by atoms with E-state index in [4.69, 9.17) is 4.74 Å². The SMILES string of the molecule is Cc1ccn2c(C=O)c(-c3cc(Br)ccc3OCc3ccccc3)cc2c1. The van der Waals surface area contributed by atoms with Gasteiger partial charge in [-0.05, 0) is 54.4 Å². The number of aldehydes is 1. The van der Waals surface area contributed by atoms with Gasteiger partial charge in [-0.2, -0.15) is 0 Å². The van der Waals surface area contributed by atoms with Crippen LogP contribution in [0.1, 0.15) is 21.6 Å². The third-order valence-corrected chi connectivity index (χ3v) is 5.04. The maximum Gasteiger partial charge on any atom is 0.167 e. The number of carbonyl (C=O) groups excluding carboxylic acids is 1. The second-order valence-electron chi connectivity index (χ2n) is 6.47. The lowest BCUT2D eigenvalue weighted by Gasteiger charge is -2.12. The molecule has 4 heteroatoms. The number of hydrogen-bond acceptors (Lipinski definition) is 2. The van der Waals surface area contributed by atoms with E-state index in [0.717, 1.165) is 44.3 Å². The second-order valence-corrected chi connectivity index (χ2v) is 7.39. The number of ether oxygens (including phenoxy) is 1. The van der Waals surface area contributed by atoms with Crippen molar-refractivity contribution in [3.05, 3.63) is 94.2 Å². The molecule has 0 spiro atoms. The largest absolute Gasteiger partial charge is 0.488 e. The lowest BCUT2D eigenvalue weighted by atomic mass is 10.0. The molecule has 0 aliphatic heterocycles. The van der Waals surface area contributed by atoms with Crippen molar-refractivity contribution in [2.75, 3.05) is 0 Å². The summed E-state index contributed by atoms with van der Waals surface area (Å²) in [4.78, 5) is 11.9. The standard InChI is InChI=1S/C23H18BrNO2/c1-16-9-10-25-19(11-16)13-20(22(25)14-26)21-12-18(24)7-8-23(21)27-15-17-5-3-2-4-6-17/h2-14H,15H2,1H3. The zero-order valence-electron chi connectivity index (χ0n) is 14.9. The summed E-state index contributed by atoms with van der Waals surface area (Å²) in [5, 5.41) is 0. The van der Waals surface area contributed by atoms with Crippen LogP contribution in [0.25, 0.3) is 16.6 Å². The molecule has 0 radical (unpaired) electrons. The van der Waals surface area contributed by atoms with E-state index in [-0.39, 0.29) is 0 Å². The number of hydrogen-bond donors (Lipinski definition) is 0. The molecule has 3 nitrogen and oxygen atoms in total. The highest BCUT2D eigenvalue weighted by atomic mass is 79.9. The summed E-state index contributed by atoms with van der Waals surface area (Å²) in [7, 11) is 0. The first-order chi connectivity index (χ1) is 13.2. The van der Waals surface area contributed by atoms with Crippen LogP contribution in [-0.2, 0) is 6.61 Å². The minimum atomic E-state index is 0.471. The molecule has 27 heavy (non-hydrogen) atoms. The van der Waals surface area contributed by atoms with Crippen LogP contribution in [-0.4, -0.2) is 10.7 Å². The zero-order chi connectivity index (χ0) is 18.8. The minimum absolute atomic E-state index is 0.471. The first kappa shape index (κ1) is 17.6. The van der Waals surface area contributed by atoms with Crippen LogP contribution >= 0.6 is 15.9 Å². The van der Waals surface area contributed by atoms with Gasteiger partial charge in [-0.3, -0.25) is 4.79 Å². The molecule has 0 atom stereocenters. The number of fused-ring (bicyclic) bond motifs is 1. The molecule has 0 amide bonds. The fourth-order valence-corrected chi connectivity index (χ4v) is 3.58. The summed E-state index contributed by atoms with van der Waals surface area (Å²) < 4.78 is 8.96. The van der Waals surface area contributed by atoms with Crippen molar-refractivity contribution < 1.29 is 9.53 Å². The first-order valence-electron chi connectivity index (χ1n) is 8.69. The van der Waals surface area contributed by atoms with Gasteiger partial charge < -0.3 is 9.14 Å². The Labute approximate surface area is 166 Å². The molecule has 0 saturated heterocycles. The molecule has 0 aliphatic carbocycles. The number of halogens is 1. The van der Waals surface area contributed by atoms with Crippen molar-refractivity contribution in [1.29, 1.82) is 0 Å². The normalized spacial score (nSPS) is 10.9. The Morgan fingerprint density at radius 1 is 1.00 bits per heavy atom. The number of benzene rings is 2. The molecule has 4 aromatic rings. The van der Waals surface area contributed by atoms with Crippen LogP contribution in [0, 0.1) is 6.92 Å². The van der Waals surface area contributed by atoms with E-state index in [9.17, 15) is 4.79 Å². The Kier molecular flexibility index (Phi) is 4.82. The highest BCUT2D eigenvalue weighted by Crippen LogP contribution is 2.36. The van der Waals surface area contributed by atoms with Crippen molar-refractivity contribution >= 4 is 27.7 Å². The van der Waals surface area contributed by atoms with E-state index in [1.54, 1.807) is 0 Å². The van der Waals surface area contributed by atoms with Crippen molar-refractivity contribution in [3.63, 3.8) is 0 Å². The minimum Gasteiger partial charge on any atom is -0.488 e. The van der Waals surface area contributed by atoms with Crippen molar-refractivity contribution in [2.24, 2.45) is 0 Å². The number of rotatable bonds is 5. The van der Waals surface area contributed by atoms with Gasteiger partial charge in [0, 0.05) is 27.3 Å². The molecule has 134 valence electrons. The highest BCUT2D eigenvalue weighted by Gasteiger charge is 2.16. The van der Waals surface area contributed by atoms with Crippen LogP contribution < -0.4 is 4.74 Å². The Morgan fingerprint density at radius 2 is 1.81 bits per heavy atom. The molecule has 4 rings (SSSR count). The Morgan fingerprint density at radius 3 is 2.59 bits per heavy atom. The lowest BCUT2D eigenvalue weighted by Crippen LogP contribution is -1.98. The molecule has 2 aromatic carbocycles. The van der Waals surface area contributed by atoms with E-state index >= 15 is 0 Å². The number of pyridine rings is 1. The van der Waals surface area contributed by atoms with Crippen LogP contribution in [0.2, 0.25) is 0 Å². The summed E-state index contributed by atoms with van der Waals surface area (Å²) in [6.45, 7) is 2.51. The molecule has 0 N–H and O–H groups in total. The van der Waals surface area contributed by atoms with E-state index in [0.29, 0.717) is 12.3 Å². The van der Waals surface area contributed by atoms with E-state index in [1.165, 1.54) is 0 Å². The van der Waals surface area contributed by atoms with Gasteiger partial charge in [-0.25, -0.2) is 0 Å². The first-order valence-corrected chi connectivity index (χ1v) is 9.48. The maximum atomic E-state index is 11.9. The predicted molar refractivity (Wildman–Crippen MR) is 111 cm³/mol. The molecule has 0 bridgehead atoms. The summed E-state index contributed by atoms with van der Waals surface area (Å²) in [6, 6.07) is 22.0. The molecule has 0 fully saturated rings. The highest BCUT2D eigenvalue weighted by molar-refractivity contribution is 9.10. The summed E-state index contributed by atoms with van der Waals surface area (Å²) >= 11 is 3.54. The average Bonchev–Trinajstić information content (AvgIpc) is 3.05. The number of aryl methyl sites for hydroxylation is 1. The average molecular weight is 420 g/mol. The third kappa shape index (κ3) is 3.53. The zero-order valence-corrected chi connectivity index (χ0v) is 16.4. The van der Waals surface area contributed by atoms with Crippen LogP contribution in [0.15, 0.2) is 77.4 Å². The van der Waals surface area contributed by atoms with Crippen molar-refractivity contribution in [3.8, 4) is 16.9 Å². The molecule has 2 aromatic heterocycles. The van der Waals surface area contributed by atoms with Gasteiger partial charge >= 0.3 is 0 Å². The molecule has 2 heterocycles. The Hall–Kier alpha value is -2.85. The lowest BCUT2D eigenvalue weighted by molar-refractivity contribution is 0.111. The van der Waals surface area contributed by atoms with E-state index in [2.05, 4.69) is 22.0 Å². The molecular weight excluding hydrogens is 402 g/mol. The summed E-state index contributed by atoms with van der Waals surface area (Å²) in [5.74, 6) is 0.748. The molecule has 0 saturated carbocycles. The predicted octanol–water partition coefficient (Wildman–Crippen LogP) is 6.07. The number of nitrogens with zero attached hydrogens (tertiary/aromatic N) is 1. The quantitative estimate of drug-likeness (QED) is 0.367. The van der Waals surface area contributed by atoms with Crippen LogP contribution in [0.5, 0.6) is 5.75 Å². The summed E-state index contributed by atoms with van der Waals surface area (Å²) in [5.41, 5.74) is 5.61. The fourth-order valence-electron chi connectivity index (χ4n) is 3.22. The van der Waals surface area contributed by atoms with Crippen LogP contribution in [0.4, 0.5) is 0 Å². The van der Waals surface area contributed by atoms with Gasteiger partial charge in [0.25, 0.3) is 0 Å². The van der Waals surface area contributed by atoms with Gasteiger partial charge in [0.15, 0.2) is 6.29 Å². The summed E-state index contributed by atoms with van der Waals surface area (Å²) in [6.07, 6.45) is 2.83. The second kappa shape index (κ2) is 7.41. The Balaban J connectivity index is 1.80.